The van der Waals surface area contributed by atoms with Gasteiger partial charge >= 0.3 is 12.4 Å². The lowest BCUT2D eigenvalue weighted by Gasteiger charge is -2.35. The number of nitrogens with zero attached hydrogens (tertiary/aromatic N) is 1. The molecule has 0 unspecified atom stereocenters. The first-order valence-corrected chi connectivity index (χ1v) is 10.4. The molecule has 0 saturated carbocycles. The van der Waals surface area contributed by atoms with Gasteiger partial charge in [0.05, 0.1) is 12.7 Å². The van der Waals surface area contributed by atoms with E-state index in [0.29, 0.717) is 0 Å². The van der Waals surface area contributed by atoms with Gasteiger partial charge in [0.15, 0.2) is 6.23 Å². The van der Waals surface area contributed by atoms with E-state index in [0.717, 1.165) is 4.57 Å². The molecule has 0 aromatic carbocycles. The Morgan fingerprint density at radius 1 is 1.56 bits per heavy atom. The SMILES string of the molecule is Cc1cn([C@@H]2O[C@@H]3CO[P@](=S)(OC(C)C)O[C@H]3[C@]2(F)Cl)c(=O)[nH]c1=O. The molecule has 1 aromatic heterocycles. The minimum absolute atomic E-state index is 0.0827. The van der Waals surface area contributed by atoms with Crippen LogP contribution in [0, 0.1) is 6.92 Å². The Kier molecular flexibility index (Phi) is 5.00. The molecule has 2 aliphatic heterocycles. The summed E-state index contributed by atoms with van der Waals surface area (Å²) < 4.78 is 38.2. The molecule has 1 N–H and O–H groups in total. The number of nitrogens with one attached hydrogen (secondary N) is 1. The van der Waals surface area contributed by atoms with Gasteiger partial charge in [-0.15, -0.1) is 0 Å². The third-order valence-electron chi connectivity index (χ3n) is 3.73. The summed E-state index contributed by atoms with van der Waals surface area (Å²) in [6.45, 7) is 1.69. The Bertz CT molecular complexity index is 843. The fourth-order valence-electron chi connectivity index (χ4n) is 2.64. The zero-order chi connectivity index (χ0) is 18.6. The maximum absolute atomic E-state index is 15.3. The molecule has 12 heteroatoms. The zero-order valence-electron chi connectivity index (χ0n) is 13.6. The van der Waals surface area contributed by atoms with E-state index >= 15 is 4.39 Å². The third-order valence-corrected chi connectivity index (χ3v) is 6.59. The molecule has 0 aliphatic carbocycles. The average molecular weight is 415 g/mol. The van der Waals surface area contributed by atoms with Gasteiger partial charge in [0, 0.05) is 11.8 Å². The van der Waals surface area contributed by atoms with Crippen LogP contribution in [0.2, 0.25) is 0 Å². The van der Waals surface area contributed by atoms with Gasteiger partial charge in [-0.05, 0) is 32.6 Å². The number of aromatic nitrogens is 2. The summed E-state index contributed by atoms with van der Waals surface area (Å²) in [6, 6.07) is 0. The maximum atomic E-state index is 15.3. The molecule has 2 fully saturated rings. The second-order valence-corrected chi connectivity index (χ2v) is 9.60. The van der Waals surface area contributed by atoms with Crippen LogP contribution >= 0.6 is 18.3 Å². The van der Waals surface area contributed by atoms with Crippen LogP contribution < -0.4 is 11.2 Å². The van der Waals surface area contributed by atoms with Crippen molar-refractivity contribution in [2.75, 3.05) is 6.61 Å². The van der Waals surface area contributed by atoms with E-state index < -0.39 is 41.5 Å². The number of aromatic amines is 1. The smallest absolute Gasteiger partial charge is 0.330 e. The number of halogens is 2. The number of fused-ring (bicyclic) bond motifs is 1. The zero-order valence-corrected chi connectivity index (χ0v) is 16.1. The molecule has 140 valence electrons. The van der Waals surface area contributed by atoms with Gasteiger partial charge in [-0.25, -0.2) is 9.18 Å². The Morgan fingerprint density at radius 3 is 2.88 bits per heavy atom. The van der Waals surface area contributed by atoms with Gasteiger partial charge in [0.25, 0.3) is 10.7 Å². The Balaban J connectivity index is 1.94. The van der Waals surface area contributed by atoms with E-state index in [9.17, 15) is 9.59 Å². The molecule has 0 bridgehead atoms. The van der Waals surface area contributed by atoms with Crippen molar-refractivity contribution in [1.82, 2.24) is 9.55 Å². The van der Waals surface area contributed by atoms with Crippen LogP contribution in [-0.2, 0) is 30.1 Å². The summed E-state index contributed by atoms with van der Waals surface area (Å²) in [5, 5.41) is -2.60. The standard InChI is InChI=1S/C13H17ClFN2O6PS/c1-6(2)22-24(25)20-5-8-9(23-24)13(14,15)11(21-8)17-4-7(3)10(18)16-12(17)19/h4,6,8-9,11H,5H2,1-3H3,(H,16,18,19)/t8-,9-,11-,13-,24+/m1/s1. The maximum Gasteiger partial charge on any atom is 0.330 e. The van der Waals surface area contributed by atoms with Crippen LogP contribution in [0.5, 0.6) is 0 Å². The Labute approximate surface area is 152 Å². The molecule has 3 rings (SSSR count). The molecule has 5 atom stereocenters. The Morgan fingerprint density at radius 2 is 2.24 bits per heavy atom. The van der Waals surface area contributed by atoms with Gasteiger partial charge in [0.2, 0.25) is 0 Å². The molecule has 25 heavy (non-hydrogen) atoms. The average Bonchev–Trinajstić information content (AvgIpc) is 2.73. The van der Waals surface area contributed by atoms with E-state index in [2.05, 4.69) is 4.98 Å². The third kappa shape index (κ3) is 3.49. The van der Waals surface area contributed by atoms with Crippen molar-refractivity contribution in [2.24, 2.45) is 0 Å². The molecule has 2 saturated heterocycles. The highest BCUT2D eigenvalue weighted by Crippen LogP contribution is 2.61. The second-order valence-electron chi connectivity index (χ2n) is 6.10. The number of hydrogen-bond acceptors (Lipinski definition) is 7. The minimum Gasteiger partial charge on any atom is -0.344 e. The van der Waals surface area contributed by atoms with Crippen molar-refractivity contribution in [3.05, 3.63) is 32.6 Å². The predicted octanol–water partition coefficient (Wildman–Crippen LogP) is 1.71. The van der Waals surface area contributed by atoms with Crippen molar-refractivity contribution >= 4 is 30.1 Å². The van der Waals surface area contributed by atoms with Crippen molar-refractivity contribution in [3.8, 4) is 0 Å². The van der Waals surface area contributed by atoms with E-state index in [1.807, 2.05) is 0 Å². The van der Waals surface area contributed by atoms with Crippen LogP contribution in [0.25, 0.3) is 0 Å². The van der Waals surface area contributed by atoms with E-state index in [1.165, 1.54) is 13.1 Å². The number of H-pyrrole nitrogens is 1. The van der Waals surface area contributed by atoms with E-state index in [-0.39, 0.29) is 18.3 Å². The van der Waals surface area contributed by atoms with Crippen molar-refractivity contribution in [3.63, 3.8) is 0 Å². The van der Waals surface area contributed by atoms with Gasteiger partial charge in [0.1, 0.15) is 12.2 Å². The van der Waals surface area contributed by atoms with Crippen molar-refractivity contribution < 1.29 is 22.7 Å². The van der Waals surface area contributed by atoms with Crippen molar-refractivity contribution in [2.45, 2.75) is 50.4 Å². The Hall–Kier alpha value is -0.610. The highest BCUT2D eigenvalue weighted by atomic mass is 35.5. The molecule has 0 amide bonds. The molecular weight excluding hydrogens is 398 g/mol. The fraction of sp³-hybridized carbons (Fsp3) is 0.692. The normalized spacial score (nSPS) is 38.1. The summed E-state index contributed by atoms with van der Waals surface area (Å²) in [4.78, 5) is 25.6. The second kappa shape index (κ2) is 6.53. The van der Waals surface area contributed by atoms with E-state index in [4.69, 9.17) is 41.7 Å². The predicted molar refractivity (Wildman–Crippen MR) is 91.0 cm³/mol. The molecule has 2 aliphatic rings. The summed E-state index contributed by atoms with van der Waals surface area (Å²) in [5.41, 5.74) is -1.22. The van der Waals surface area contributed by atoms with Gasteiger partial charge in [-0.1, -0.05) is 11.6 Å². The lowest BCUT2D eigenvalue weighted by molar-refractivity contribution is -0.0657. The number of aryl methyl sites for hydroxylation is 1. The molecule has 8 nitrogen and oxygen atoms in total. The first-order chi connectivity index (χ1) is 11.5. The van der Waals surface area contributed by atoms with Gasteiger partial charge < -0.3 is 13.8 Å². The van der Waals surface area contributed by atoms with Crippen LogP contribution in [-0.4, -0.2) is 39.6 Å². The van der Waals surface area contributed by atoms with Crippen LogP contribution in [0.3, 0.4) is 0 Å². The molecule has 0 radical (unpaired) electrons. The van der Waals surface area contributed by atoms with Crippen LogP contribution in [0.15, 0.2) is 15.8 Å². The van der Waals surface area contributed by atoms with Crippen LogP contribution in [0.4, 0.5) is 4.39 Å². The largest absolute Gasteiger partial charge is 0.344 e. The highest BCUT2D eigenvalue weighted by Gasteiger charge is 2.62. The molecular formula is C13H17ClFN2O6PS. The minimum atomic E-state index is -3.18. The number of rotatable bonds is 3. The van der Waals surface area contributed by atoms with E-state index in [1.54, 1.807) is 13.8 Å². The quantitative estimate of drug-likeness (QED) is 0.594. The molecule has 3 heterocycles. The topological polar surface area (TPSA) is 91.8 Å². The molecule has 0 spiro atoms. The lowest BCUT2D eigenvalue weighted by Crippen LogP contribution is -2.45. The number of alkyl halides is 2. The molecule has 1 aromatic rings. The summed E-state index contributed by atoms with van der Waals surface area (Å²) >= 11 is 11.3. The first kappa shape index (κ1) is 19.2. The first-order valence-electron chi connectivity index (χ1n) is 7.50. The highest BCUT2D eigenvalue weighted by molar-refractivity contribution is 8.07. The summed E-state index contributed by atoms with van der Waals surface area (Å²) in [6.07, 6.45) is -2.78. The summed E-state index contributed by atoms with van der Waals surface area (Å²) in [5.74, 6) is 0. The number of hydrogen-bond donors (Lipinski definition) is 1. The van der Waals surface area contributed by atoms with Gasteiger partial charge in [-0.2, -0.15) is 0 Å². The summed E-state index contributed by atoms with van der Waals surface area (Å²) in [7, 11) is 0. The van der Waals surface area contributed by atoms with Gasteiger partial charge in [-0.3, -0.25) is 18.9 Å². The van der Waals surface area contributed by atoms with Crippen molar-refractivity contribution in [1.29, 1.82) is 0 Å². The fourth-order valence-corrected chi connectivity index (χ4v) is 5.61. The van der Waals surface area contributed by atoms with Crippen LogP contribution in [0.1, 0.15) is 25.6 Å². The number of ether oxygens (including phenoxy) is 1. The lowest BCUT2D eigenvalue weighted by atomic mass is 10.1. The monoisotopic (exact) mass is 414 g/mol.